The monoisotopic (exact) mass is 209 g/mol. The molecule has 1 aromatic rings. The number of rotatable bonds is 6. The summed E-state index contributed by atoms with van der Waals surface area (Å²) in [6.45, 7) is 4.79. The number of benzene rings is 1. The van der Waals surface area contributed by atoms with Crippen LogP contribution in [0.2, 0.25) is 0 Å². The van der Waals surface area contributed by atoms with Crippen LogP contribution in [0.1, 0.15) is 13.8 Å². The topological polar surface area (TPSA) is 41.5 Å². The second kappa shape index (κ2) is 6.43. The Hall–Kier alpha value is -1.06. The lowest BCUT2D eigenvalue weighted by atomic mass is 10.3. The maximum absolute atomic E-state index is 9.57. The molecule has 1 aromatic carbocycles. The van der Waals surface area contributed by atoms with Gasteiger partial charge in [-0.1, -0.05) is 18.2 Å². The minimum atomic E-state index is -0.465. The molecule has 0 unspecified atom stereocenters. The zero-order chi connectivity index (χ0) is 11.1. The predicted molar refractivity (Wildman–Crippen MR) is 62.0 cm³/mol. The van der Waals surface area contributed by atoms with Gasteiger partial charge in [-0.05, 0) is 26.0 Å². The molecule has 15 heavy (non-hydrogen) atoms. The Balaban J connectivity index is 2.19. The maximum atomic E-state index is 9.57. The largest absolute Gasteiger partial charge is 0.389 e. The van der Waals surface area contributed by atoms with Crippen molar-refractivity contribution in [1.82, 2.24) is 0 Å². The lowest BCUT2D eigenvalue weighted by Gasteiger charge is -2.14. The molecule has 1 atom stereocenters. The van der Waals surface area contributed by atoms with Gasteiger partial charge in [-0.3, -0.25) is 0 Å². The van der Waals surface area contributed by atoms with Crippen molar-refractivity contribution in [2.75, 3.05) is 18.5 Å². The van der Waals surface area contributed by atoms with E-state index in [2.05, 4.69) is 5.32 Å². The van der Waals surface area contributed by atoms with E-state index in [0.29, 0.717) is 13.2 Å². The predicted octanol–water partition coefficient (Wildman–Crippen LogP) is 1.88. The molecule has 0 heterocycles. The summed E-state index contributed by atoms with van der Waals surface area (Å²) < 4.78 is 5.30. The van der Waals surface area contributed by atoms with Crippen molar-refractivity contribution in [1.29, 1.82) is 0 Å². The third-order valence-corrected chi connectivity index (χ3v) is 1.94. The molecule has 0 aliphatic heterocycles. The zero-order valence-corrected chi connectivity index (χ0v) is 9.31. The van der Waals surface area contributed by atoms with Gasteiger partial charge in [-0.2, -0.15) is 0 Å². The second-order valence-corrected chi connectivity index (χ2v) is 3.78. The highest BCUT2D eigenvalue weighted by Crippen LogP contribution is 2.04. The Bertz CT molecular complexity index is 262. The molecule has 84 valence electrons. The first-order chi connectivity index (χ1) is 7.18. The van der Waals surface area contributed by atoms with Crippen molar-refractivity contribution in [3.8, 4) is 0 Å². The number of aliphatic hydroxyl groups excluding tert-OH is 1. The molecule has 0 aliphatic rings. The van der Waals surface area contributed by atoms with Gasteiger partial charge in [-0.25, -0.2) is 0 Å². The van der Waals surface area contributed by atoms with Crippen molar-refractivity contribution in [2.45, 2.75) is 26.1 Å². The van der Waals surface area contributed by atoms with Gasteiger partial charge in [0.1, 0.15) is 0 Å². The van der Waals surface area contributed by atoms with Crippen LogP contribution >= 0.6 is 0 Å². The molecule has 0 radical (unpaired) electrons. The third-order valence-electron chi connectivity index (χ3n) is 1.94. The normalized spacial score (nSPS) is 12.8. The number of aliphatic hydroxyl groups is 1. The van der Waals surface area contributed by atoms with Gasteiger partial charge >= 0.3 is 0 Å². The molecule has 0 bridgehead atoms. The Morgan fingerprint density at radius 1 is 1.27 bits per heavy atom. The van der Waals surface area contributed by atoms with E-state index in [1.165, 1.54) is 0 Å². The quantitative estimate of drug-likeness (QED) is 0.751. The van der Waals surface area contributed by atoms with Crippen LogP contribution in [0, 0.1) is 0 Å². The van der Waals surface area contributed by atoms with Crippen molar-refractivity contribution < 1.29 is 9.84 Å². The lowest BCUT2D eigenvalue weighted by Crippen LogP contribution is -2.26. The Labute approximate surface area is 91.1 Å². The van der Waals surface area contributed by atoms with E-state index in [-0.39, 0.29) is 6.10 Å². The van der Waals surface area contributed by atoms with Gasteiger partial charge in [0.2, 0.25) is 0 Å². The highest BCUT2D eigenvalue weighted by molar-refractivity contribution is 5.42. The molecule has 0 spiro atoms. The molecule has 3 heteroatoms. The van der Waals surface area contributed by atoms with Crippen molar-refractivity contribution in [3.05, 3.63) is 30.3 Å². The summed E-state index contributed by atoms with van der Waals surface area (Å²) in [5.74, 6) is 0. The van der Waals surface area contributed by atoms with E-state index in [1.54, 1.807) is 0 Å². The summed E-state index contributed by atoms with van der Waals surface area (Å²) in [4.78, 5) is 0. The van der Waals surface area contributed by atoms with Gasteiger partial charge in [0.25, 0.3) is 0 Å². The standard InChI is InChI=1S/C12H19NO2/c1-10(2)15-9-12(14)8-13-11-6-4-3-5-7-11/h3-7,10,12-14H,8-9H2,1-2H3/t12-/m0/s1. The molecule has 2 N–H and O–H groups in total. The van der Waals surface area contributed by atoms with Crippen LogP contribution in [0.25, 0.3) is 0 Å². The summed E-state index contributed by atoms with van der Waals surface area (Å²) in [6.07, 6.45) is -0.302. The molecule has 0 fully saturated rings. The van der Waals surface area contributed by atoms with Gasteiger partial charge in [0.15, 0.2) is 0 Å². The third kappa shape index (κ3) is 5.40. The SMILES string of the molecule is CC(C)OC[C@@H](O)CNc1ccccc1. The summed E-state index contributed by atoms with van der Waals surface area (Å²) in [7, 11) is 0. The first-order valence-electron chi connectivity index (χ1n) is 5.27. The first kappa shape index (κ1) is 12.0. The minimum absolute atomic E-state index is 0.163. The van der Waals surface area contributed by atoms with Crippen LogP contribution in [0.4, 0.5) is 5.69 Å². The van der Waals surface area contributed by atoms with E-state index >= 15 is 0 Å². The van der Waals surface area contributed by atoms with Crippen LogP contribution in [-0.2, 0) is 4.74 Å². The molecule has 1 rings (SSSR count). The van der Waals surface area contributed by atoms with Crippen LogP contribution < -0.4 is 5.32 Å². The highest BCUT2D eigenvalue weighted by atomic mass is 16.5. The molecule has 0 aliphatic carbocycles. The summed E-state index contributed by atoms with van der Waals surface area (Å²) in [5.41, 5.74) is 1.01. The van der Waals surface area contributed by atoms with E-state index in [9.17, 15) is 5.11 Å². The number of hydrogen-bond donors (Lipinski definition) is 2. The maximum Gasteiger partial charge on any atom is 0.0945 e. The number of hydrogen-bond acceptors (Lipinski definition) is 3. The van der Waals surface area contributed by atoms with E-state index in [1.807, 2.05) is 44.2 Å². The first-order valence-corrected chi connectivity index (χ1v) is 5.27. The average molecular weight is 209 g/mol. The molecular formula is C12H19NO2. The van der Waals surface area contributed by atoms with Gasteiger partial charge in [-0.15, -0.1) is 0 Å². The molecule has 0 amide bonds. The summed E-state index contributed by atoms with van der Waals surface area (Å²) in [6, 6.07) is 9.81. The number of nitrogens with one attached hydrogen (secondary N) is 1. The zero-order valence-electron chi connectivity index (χ0n) is 9.31. The molecular weight excluding hydrogens is 190 g/mol. The number of ether oxygens (including phenoxy) is 1. The van der Waals surface area contributed by atoms with Crippen LogP contribution in [0.3, 0.4) is 0 Å². The lowest BCUT2D eigenvalue weighted by molar-refractivity contribution is 0.0112. The fourth-order valence-corrected chi connectivity index (χ4v) is 1.15. The molecule has 3 nitrogen and oxygen atoms in total. The second-order valence-electron chi connectivity index (χ2n) is 3.78. The Morgan fingerprint density at radius 2 is 1.93 bits per heavy atom. The Morgan fingerprint density at radius 3 is 2.53 bits per heavy atom. The number of para-hydroxylation sites is 1. The minimum Gasteiger partial charge on any atom is -0.389 e. The van der Waals surface area contributed by atoms with Crippen molar-refractivity contribution >= 4 is 5.69 Å². The average Bonchev–Trinajstić information content (AvgIpc) is 2.25. The van der Waals surface area contributed by atoms with E-state index < -0.39 is 6.10 Å². The number of anilines is 1. The van der Waals surface area contributed by atoms with Gasteiger partial charge < -0.3 is 15.2 Å². The summed E-state index contributed by atoms with van der Waals surface area (Å²) >= 11 is 0. The summed E-state index contributed by atoms with van der Waals surface area (Å²) in [5, 5.41) is 12.7. The van der Waals surface area contributed by atoms with Crippen LogP contribution in [0.15, 0.2) is 30.3 Å². The van der Waals surface area contributed by atoms with Gasteiger partial charge in [0.05, 0.1) is 18.8 Å². The smallest absolute Gasteiger partial charge is 0.0945 e. The van der Waals surface area contributed by atoms with Crippen molar-refractivity contribution in [3.63, 3.8) is 0 Å². The highest BCUT2D eigenvalue weighted by Gasteiger charge is 2.04. The van der Waals surface area contributed by atoms with Crippen LogP contribution in [-0.4, -0.2) is 30.5 Å². The fourth-order valence-electron chi connectivity index (χ4n) is 1.15. The van der Waals surface area contributed by atoms with Gasteiger partial charge in [0, 0.05) is 12.2 Å². The Kier molecular flexibility index (Phi) is 5.15. The van der Waals surface area contributed by atoms with Crippen LogP contribution in [0.5, 0.6) is 0 Å². The van der Waals surface area contributed by atoms with E-state index in [4.69, 9.17) is 4.74 Å². The van der Waals surface area contributed by atoms with Crippen molar-refractivity contribution in [2.24, 2.45) is 0 Å². The molecule has 0 aromatic heterocycles. The van der Waals surface area contributed by atoms with E-state index in [0.717, 1.165) is 5.69 Å². The fraction of sp³-hybridized carbons (Fsp3) is 0.500. The molecule has 0 saturated carbocycles. The molecule has 0 saturated heterocycles.